The van der Waals surface area contributed by atoms with Crippen molar-refractivity contribution in [1.29, 1.82) is 0 Å². The minimum absolute atomic E-state index is 0.131. The molecule has 1 aromatic heterocycles. The lowest BCUT2D eigenvalue weighted by Crippen LogP contribution is -2.51. The summed E-state index contributed by atoms with van der Waals surface area (Å²) in [4.78, 5) is 46.0. The van der Waals surface area contributed by atoms with Gasteiger partial charge in [-0.1, -0.05) is 23.5 Å². The molecule has 0 aliphatic carbocycles. The monoisotopic (exact) mass is 515 g/mol. The lowest BCUT2D eigenvalue weighted by molar-refractivity contribution is 0.0671. The number of anilines is 2. The Balaban J connectivity index is 1.13. The van der Waals surface area contributed by atoms with Crippen LogP contribution in [0.4, 0.5) is 15.6 Å². The van der Waals surface area contributed by atoms with E-state index in [1.54, 1.807) is 65.4 Å². The maximum atomic E-state index is 13.0. The number of piperazine rings is 1. The largest absolute Gasteiger partial charge is 0.497 e. The molecule has 188 valence electrons. The van der Waals surface area contributed by atoms with Crippen molar-refractivity contribution >= 4 is 50.2 Å². The number of carbonyl (C=O) groups excluding carboxylic acids is 3. The molecular weight excluding hydrogens is 490 g/mol. The van der Waals surface area contributed by atoms with E-state index < -0.39 is 0 Å². The van der Waals surface area contributed by atoms with Crippen molar-refractivity contribution in [2.24, 2.45) is 0 Å². The first-order valence-corrected chi connectivity index (χ1v) is 12.6. The number of amides is 4. The number of urea groups is 1. The molecule has 1 aliphatic heterocycles. The molecule has 9 nitrogen and oxygen atoms in total. The number of methoxy groups -OCH3 is 1. The van der Waals surface area contributed by atoms with Gasteiger partial charge in [0.2, 0.25) is 0 Å². The van der Waals surface area contributed by atoms with Crippen LogP contribution in [0.15, 0.2) is 72.8 Å². The maximum absolute atomic E-state index is 13.0. The van der Waals surface area contributed by atoms with Gasteiger partial charge in [-0.15, -0.1) is 0 Å². The number of fused-ring (bicyclic) bond motifs is 1. The van der Waals surface area contributed by atoms with Crippen LogP contribution in [0.2, 0.25) is 0 Å². The lowest BCUT2D eigenvalue weighted by Gasteiger charge is -2.34. The van der Waals surface area contributed by atoms with E-state index in [-0.39, 0.29) is 17.8 Å². The number of benzene rings is 3. The van der Waals surface area contributed by atoms with Crippen molar-refractivity contribution in [2.75, 3.05) is 43.9 Å². The summed E-state index contributed by atoms with van der Waals surface area (Å²) in [6.45, 7) is 1.70. The molecular formula is C27H25N5O4S. The Morgan fingerprint density at radius 2 is 1.46 bits per heavy atom. The molecule has 0 saturated carbocycles. The van der Waals surface area contributed by atoms with Crippen molar-refractivity contribution in [3.63, 3.8) is 0 Å². The van der Waals surface area contributed by atoms with Gasteiger partial charge in [0.1, 0.15) is 5.75 Å². The zero-order valence-electron chi connectivity index (χ0n) is 20.1. The van der Waals surface area contributed by atoms with Crippen molar-refractivity contribution in [3.05, 3.63) is 83.9 Å². The highest BCUT2D eigenvalue weighted by Gasteiger charge is 2.25. The lowest BCUT2D eigenvalue weighted by atomic mass is 10.1. The van der Waals surface area contributed by atoms with Crippen LogP contribution in [-0.2, 0) is 0 Å². The summed E-state index contributed by atoms with van der Waals surface area (Å²) in [5, 5.41) is 6.22. The minimum Gasteiger partial charge on any atom is -0.497 e. The molecule has 0 unspecified atom stereocenters. The van der Waals surface area contributed by atoms with Crippen LogP contribution in [0.5, 0.6) is 5.75 Å². The Hall–Kier alpha value is -4.44. The minimum atomic E-state index is -0.283. The predicted octanol–water partition coefficient (Wildman–Crippen LogP) is 4.55. The van der Waals surface area contributed by atoms with Crippen LogP contribution < -0.4 is 15.4 Å². The normalized spacial score (nSPS) is 13.3. The third kappa shape index (κ3) is 5.54. The van der Waals surface area contributed by atoms with Crippen LogP contribution in [0.3, 0.4) is 0 Å². The fourth-order valence-electron chi connectivity index (χ4n) is 4.03. The van der Waals surface area contributed by atoms with Gasteiger partial charge in [0.15, 0.2) is 5.13 Å². The predicted molar refractivity (Wildman–Crippen MR) is 144 cm³/mol. The molecule has 2 N–H and O–H groups in total. The van der Waals surface area contributed by atoms with E-state index in [9.17, 15) is 14.4 Å². The van der Waals surface area contributed by atoms with Gasteiger partial charge < -0.3 is 19.9 Å². The third-order valence-corrected chi connectivity index (χ3v) is 7.06. The molecule has 0 radical (unpaired) electrons. The molecule has 2 heterocycles. The van der Waals surface area contributed by atoms with Gasteiger partial charge in [-0.05, 0) is 60.7 Å². The SMILES string of the molecule is COc1ccc(NC(=O)N2CCN(C(=O)c3ccc(C(=O)Nc4nc5ccccc5s4)cc3)CC2)cc1. The number of carbonyl (C=O) groups is 3. The molecule has 3 aromatic carbocycles. The molecule has 4 amide bonds. The zero-order chi connectivity index (χ0) is 25.8. The second-order valence-corrected chi connectivity index (χ2v) is 9.49. The highest BCUT2D eigenvalue weighted by Crippen LogP contribution is 2.26. The van der Waals surface area contributed by atoms with Gasteiger partial charge in [-0.3, -0.25) is 14.9 Å². The van der Waals surface area contributed by atoms with Crippen LogP contribution in [0.1, 0.15) is 20.7 Å². The molecule has 4 aromatic rings. The van der Waals surface area contributed by atoms with Crippen molar-refractivity contribution < 1.29 is 19.1 Å². The molecule has 1 aliphatic rings. The van der Waals surface area contributed by atoms with E-state index in [1.807, 2.05) is 24.3 Å². The fourth-order valence-corrected chi connectivity index (χ4v) is 4.89. The average Bonchev–Trinajstić information content (AvgIpc) is 3.35. The number of nitrogens with zero attached hydrogens (tertiary/aromatic N) is 3. The van der Waals surface area contributed by atoms with Crippen molar-refractivity contribution in [1.82, 2.24) is 14.8 Å². The van der Waals surface area contributed by atoms with Gasteiger partial charge in [0.25, 0.3) is 11.8 Å². The van der Waals surface area contributed by atoms with Crippen LogP contribution in [-0.4, -0.2) is 65.9 Å². The molecule has 1 saturated heterocycles. The van der Waals surface area contributed by atoms with Crippen LogP contribution in [0.25, 0.3) is 10.2 Å². The van der Waals surface area contributed by atoms with Crippen LogP contribution in [0, 0.1) is 0 Å². The molecule has 0 bridgehead atoms. The molecule has 37 heavy (non-hydrogen) atoms. The summed E-state index contributed by atoms with van der Waals surface area (Å²) >= 11 is 1.41. The molecule has 0 spiro atoms. The number of hydrogen-bond acceptors (Lipinski definition) is 6. The summed E-state index contributed by atoms with van der Waals surface area (Å²) in [6, 6.07) is 21.2. The number of hydrogen-bond donors (Lipinski definition) is 2. The highest BCUT2D eigenvalue weighted by atomic mass is 32.1. The van der Waals surface area contributed by atoms with Crippen molar-refractivity contribution in [2.45, 2.75) is 0 Å². The van der Waals surface area contributed by atoms with E-state index in [0.717, 1.165) is 10.2 Å². The molecule has 5 rings (SSSR count). The van der Waals surface area contributed by atoms with E-state index in [1.165, 1.54) is 11.3 Å². The number of ether oxygens (including phenoxy) is 1. The smallest absolute Gasteiger partial charge is 0.321 e. The maximum Gasteiger partial charge on any atom is 0.321 e. The summed E-state index contributed by atoms with van der Waals surface area (Å²) in [7, 11) is 1.59. The number of aromatic nitrogens is 1. The summed E-state index contributed by atoms with van der Waals surface area (Å²) in [6.07, 6.45) is 0. The topological polar surface area (TPSA) is 104 Å². The summed E-state index contributed by atoms with van der Waals surface area (Å²) in [5.74, 6) is 0.301. The van der Waals surface area contributed by atoms with Gasteiger partial charge in [-0.2, -0.15) is 0 Å². The number of nitrogens with one attached hydrogen (secondary N) is 2. The van der Waals surface area contributed by atoms with Crippen molar-refractivity contribution in [3.8, 4) is 5.75 Å². The first-order chi connectivity index (χ1) is 18.0. The Kier molecular flexibility index (Phi) is 7.00. The zero-order valence-corrected chi connectivity index (χ0v) is 21.0. The standard InChI is InChI=1S/C27H25N5O4S/c1-36-21-12-10-20(11-13-21)28-27(35)32-16-14-31(15-17-32)25(34)19-8-6-18(7-9-19)24(33)30-26-29-22-4-2-3-5-23(22)37-26/h2-13H,14-17H2,1H3,(H,28,35)(H,29,30,33). The number of thiazole rings is 1. The van der Waals surface area contributed by atoms with Gasteiger partial charge in [0, 0.05) is 43.0 Å². The Labute approximate surface area is 217 Å². The second-order valence-electron chi connectivity index (χ2n) is 8.46. The average molecular weight is 516 g/mol. The van der Waals surface area contributed by atoms with E-state index in [2.05, 4.69) is 15.6 Å². The van der Waals surface area contributed by atoms with Gasteiger partial charge in [-0.25, -0.2) is 9.78 Å². The van der Waals surface area contributed by atoms with Gasteiger partial charge >= 0.3 is 6.03 Å². The number of para-hydroxylation sites is 1. The Morgan fingerprint density at radius 1 is 0.811 bits per heavy atom. The van der Waals surface area contributed by atoms with Gasteiger partial charge in [0.05, 0.1) is 17.3 Å². The molecule has 10 heteroatoms. The summed E-state index contributed by atoms with van der Waals surface area (Å²) < 4.78 is 6.13. The second kappa shape index (κ2) is 10.7. The third-order valence-electron chi connectivity index (χ3n) is 6.10. The summed E-state index contributed by atoms with van der Waals surface area (Å²) in [5.41, 5.74) is 2.45. The van der Waals surface area contributed by atoms with E-state index in [0.29, 0.717) is 53.9 Å². The van der Waals surface area contributed by atoms with Crippen LogP contribution >= 0.6 is 11.3 Å². The highest BCUT2D eigenvalue weighted by molar-refractivity contribution is 7.22. The molecule has 0 atom stereocenters. The quantitative estimate of drug-likeness (QED) is 0.406. The molecule has 1 fully saturated rings. The van der Waals surface area contributed by atoms with E-state index >= 15 is 0 Å². The Bertz CT molecular complexity index is 1390. The van der Waals surface area contributed by atoms with E-state index in [4.69, 9.17) is 4.74 Å². The first-order valence-electron chi connectivity index (χ1n) is 11.8. The number of rotatable bonds is 5. The fraction of sp³-hybridized carbons (Fsp3) is 0.185. The first kappa shape index (κ1) is 24.3. The Morgan fingerprint density at radius 3 is 2.14 bits per heavy atom.